The fourth-order valence-electron chi connectivity index (χ4n) is 5.31. The van der Waals surface area contributed by atoms with Crippen molar-refractivity contribution in [2.45, 2.75) is 38.1 Å². The van der Waals surface area contributed by atoms with Gasteiger partial charge < -0.3 is 15.0 Å². The summed E-state index contributed by atoms with van der Waals surface area (Å²) in [5.74, 6) is -5.47. The van der Waals surface area contributed by atoms with Crippen LogP contribution in [0.15, 0.2) is 48.5 Å². The number of nitrogens with one attached hydrogen (secondary N) is 1. The van der Waals surface area contributed by atoms with Gasteiger partial charge in [-0.3, -0.25) is 4.79 Å². The summed E-state index contributed by atoms with van der Waals surface area (Å²) in [6.45, 7) is 0. The number of hydrogen-bond acceptors (Lipinski definition) is 4. The topological polar surface area (TPSA) is 108 Å². The molecule has 0 spiro atoms. The highest BCUT2D eigenvalue weighted by Crippen LogP contribution is 2.40. The number of hydrogen-bond donors (Lipinski definition) is 2. The summed E-state index contributed by atoms with van der Waals surface area (Å²) < 4.78 is 45.3. The predicted octanol–water partition coefficient (Wildman–Crippen LogP) is 7.10. The monoisotopic (exact) mass is 566 g/mol. The Bertz CT molecular complexity index is 1680. The van der Waals surface area contributed by atoms with Crippen LogP contribution >= 0.6 is 11.6 Å². The van der Waals surface area contributed by atoms with E-state index in [2.05, 4.69) is 10.3 Å². The number of fused-ring (bicyclic) bond motifs is 1. The lowest BCUT2D eigenvalue weighted by Crippen LogP contribution is -2.34. The number of carbonyl (C=O) groups excluding carboxylic acids is 1. The van der Waals surface area contributed by atoms with Crippen LogP contribution in [0.4, 0.5) is 18.9 Å². The van der Waals surface area contributed by atoms with E-state index in [1.165, 1.54) is 4.57 Å². The molecule has 7 nitrogen and oxygen atoms in total. The second-order valence-electron chi connectivity index (χ2n) is 9.70. The van der Waals surface area contributed by atoms with Crippen LogP contribution in [-0.4, -0.2) is 26.5 Å². The van der Waals surface area contributed by atoms with Gasteiger partial charge in [-0.1, -0.05) is 30.9 Å². The molecule has 5 rings (SSSR count). The molecule has 204 valence electrons. The van der Waals surface area contributed by atoms with Crippen LogP contribution in [0.2, 0.25) is 5.02 Å². The number of benzene rings is 3. The third kappa shape index (κ3) is 5.12. The molecule has 40 heavy (non-hydrogen) atoms. The van der Waals surface area contributed by atoms with Gasteiger partial charge in [0.15, 0.2) is 11.6 Å². The molecule has 1 amide bonds. The summed E-state index contributed by atoms with van der Waals surface area (Å²) in [6.07, 6.45) is 3.88. The number of aromatic carboxylic acids is 1. The van der Waals surface area contributed by atoms with Gasteiger partial charge in [0.1, 0.15) is 23.8 Å². The van der Waals surface area contributed by atoms with Gasteiger partial charge in [-0.25, -0.2) is 22.9 Å². The van der Waals surface area contributed by atoms with Gasteiger partial charge in [-0.05, 0) is 55.2 Å². The average Bonchev–Trinajstić information content (AvgIpc) is 3.28. The Kier molecular flexibility index (Phi) is 7.50. The summed E-state index contributed by atoms with van der Waals surface area (Å²) in [5, 5.41) is 21.8. The maximum atomic E-state index is 15.0. The first kappa shape index (κ1) is 27.2. The number of carboxylic acids is 1. The van der Waals surface area contributed by atoms with Crippen LogP contribution in [0.1, 0.15) is 54.1 Å². The number of nitrogens with zero attached hydrogens (tertiary/aromatic N) is 3. The van der Waals surface area contributed by atoms with Crippen molar-refractivity contribution < 1.29 is 27.9 Å². The third-order valence-electron chi connectivity index (χ3n) is 7.18. The van der Waals surface area contributed by atoms with E-state index in [0.717, 1.165) is 43.5 Å². The lowest BCUT2D eigenvalue weighted by Gasteiger charge is -2.32. The molecule has 0 bridgehead atoms. The Labute approximate surface area is 231 Å². The number of halogens is 4. The van der Waals surface area contributed by atoms with Crippen molar-refractivity contribution >= 4 is 40.2 Å². The maximum Gasteiger partial charge on any atom is 0.335 e. The molecule has 1 aliphatic rings. The highest BCUT2D eigenvalue weighted by Gasteiger charge is 2.35. The zero-order chi connectivity index (χ0) is 28.6. The highest BCUT2D eigenvalue weighted by molar-refractivity contribution is 6.30. The number of anilines is 1. The van der Waals surface area contributed by atoms with Crippen LogP contribution in [-0.2, 0) is 4.79 Å². The van der Waals surface area contributed by atoms with Crippen molar-refractivity contribution in [3.05, 3.63) is 82.1 Å². The molecule has 0 aliphatic heterocycles. The minimum Gasteiger partial charge on any atom is -0.478 e. The molecule has 1 saturated carbocycles. The van der Waals surface area contributed by atoms with E-state index in [1.807, 2.05) is 0 Å². The van der Waals surface area contributed by atoms with E-state index >= 15 is 4.39 Å². The van der Waals surface area contributed by atoms with Crippen LogP contribution in [0, 0.1) is 34.7 Å². The zero-order valence-electron chi connectivity index (χ0n) is 20.9. The molecule has 11 heteroatoms. The van der Waals surface area contributed by atoms with Crippen molar-refractivity contribution in [2.75, 3.05) is 5.32 Å². The smallest absolute Gasteiger partial charge is 0.335 e. The van der Waals surface area contributed by atoms with E-state index < -0.39 is 46.6 Å². The van der Waals surface area contributed by atoms with Gasteiger partial charge in [0.2, 0.25) is 5.91 Å². The first-order valence-corrected chi connectivity index (χ1v) is 13.0. The van der Waals surface area contributed by atoms with Crippen molar-refractivity contribution in [1.29, 1.82) is 5.26 Å². The zero-order valence-corrected chi connectivity index (χ0v) is 21.7. The molecule has 4 aromatic rings. The van der Waals surface area contributed by atoms with E-state index in [-0.39, 0.29) is 28.3 Å². The second-order valence-corrected chi connectivity index (χ2v) is 10.1. The predicted molar refractivity (Wildman–Crippen MR) is 142 cm³/mol. The van der Waals surface area contributed by atoms with Gasteiger partial charge in [0, 0.05) is 22.7 Å². The summed E-state index contributed by atoms with van der Waals surface area (Å²) in [4.78, 5) is 29.9. The normalized spacial score (nSPS) is 14.6. The Morgan fingerprint density at radius 1 is 1.02 bits per heavy atom. The fraction of sp³-hybridized carbons (Fsp3) is 0.241. The Hall–Kier alpha value is -4.36. The number of rotatable bonds is 6. The number of amides is 1. The van der Waals surface area contributed by atoms with Crippen LogP contribution < -0.4 is 5.32 Å². The fourth-order valence-corrected chi connectivity index (χ4v) is 5.44. The summed E-state index contributed by atoms with van der Waals surface area (Å²) in [6, 6.07) is 10.9. The van der Waals surface area contributed by atoms with E-state index in [9.17, 15) is 28.7 Å². The first-order valence-electron chi connectivity index (χ1n) is 12.6. The molecular weight excluding hydrogens is 545 g/mol. The van der Waals surface area contributed by atoms with Crippen molar-refractivity contribution in [1.82, 2.24) is 9.55 Å². The Morgan fingerprint density at radius 2 is 1.70 bits per heavy atom. The highest BCUT2D eigenvalue weighted by atomic mass is 35.5. The molecule has 1 aromatic heterocycles. The number of carbonyl (C=O) groups is 2. The number of nitriles is 1. The number of aromatic nitrogens is 2. The molecule has 1 fully saturated rings. The molecule has 0 radical (unpaired) electrons. The maximum absolute atomic E-state index is 15.0. The van der Waals surface area contributed by atoms with Gasteiger partial charge >= 0.3 is 5.97 Å². The van der Waals surface area contributed by atoms with E-state index in [1.54, 1.807) is 30.3 Å². The molecule has 1 atom stereocenters. The Balaban J connectivity index is 1.70. The second kappa shape index (κ2) is 11.0. The van der Waals surface area contributed by atoms with E-state index in [0.29, 0.717) is 23.4 Å². The minimum absolute atomic E-state index is 0.118. The van der Waals surface area contributed by atoms with Gasteiger partial charge in [0.25, 0.3) is 0 Å². The third-order valence-corrected chi connectivity index (χ3v) is 7.43. The average molecular weight is 567 g/mol. The quantitative estimate of drug-likeness (QED) is 0.259. The standard InChI is InChI=1S/C29H22ClF3N4O3/c30-19-8-6-16(7-9-19)27-35-23-12-20(31)21(32)13-24(23)37(27)26(15-4-2-1-3-5-15)28(38)36-25-18(14-34)10-17(29(39)40)11-22(25)33/h6-13,15,26H,1-5H2,(H,36,38)(H,39,40). The Morgan fingerprint density at radius 3 is 2.35 bits per heavy atom. The van der Waals surface area contributed by atoms with Crippen molar-refractivity contribution in [3.8, 4) is 17.5 Å². The molecule has 3 aromatic carbocycles. The minimum atomic E-state index is -1.43. The van der Waals surface area contributed by atoms with Crippen LogP contribution in [0.25, 0.3) is 22.4 Å². The SMILES string of the molecule is N#Cc1cc(C(=O)O)cc(F)c1NC(=O)C(C1CCCCC1)n1c(-c2ccc(Cl)cc2)nc2cc(F)c(F)cc21. The molecule has 1 unspecified atom stereocenters. The molecule has 1 heterocycles. The summed E-state index contributed by atoms with van der Waals surface area (Å²) in [5.41, 5.74) is -0.463. The summed E-state index contributed by atoms with van der Waals surface area (Å²) >= 11 is 6.07. The van der Waals surface area contributed by atoms with Crippen LogP contribution in [0.3, 0.4) is 0 Å². The molecular formula is C29H22ClF3N4O3. The van der Waals surface area contributed by atoms with Gasteiger partial charge in [0.05, 0.1) is 27.8 Å². The van der Waals surface area contributed by atoms with Crippen molar-refractivity contribution in [2.24, 2.45) is 5.92 Å². The van der Waals surface area contributed by atoms with E-state index in [4.69, 9.17) is 11.6 Å². The molecule has 1 aliphatic carbocycles. The number of carboxylic acid groups (broad SMARTS) is 1. The largest absolute Gasteiger partial charge is 0.478 e. The lowest BCUT2D eigenvalue weighted by atomic mass is 9.83. The number of imidazole rings is 1. The van der Waals surface area contributed by atoms with Gasteiger partial charge in [-0.2, -0.15) is 5.26 Å². The van der Waals surface area contributed by atoms with Crippen LogP contribution in [0.5, 0.6) is 0 Å². The molecule has 2 N–H and O–H groups in total. The lowest BCUT2D eigenvalue weighted by molar-refractivity contribution is -0.121. The summed E-state index contributed by atoms with van der Waals surface area (Å²) in [7, 11) is 0. The van der Waals surface area contributed by atoms with Gasteiger partial charge in [-0.15, -0.1) is 0 Å². The molecule has 0 saturated heterocycles. The van der Waals surface area contributed by atoms with Crippen molar-refractivity contribution in [3.63, 3.8) is 0 Å². The first-order chi connectivity index (χ1) is 19.2.